The number of nitrogen functional groups attached to an aromatic ring is 2. The topological polar surface area (TPSA) is 425 Å². The molecule has 0 aliphatic rings. The quantitative estimate of drug-likeness (QED) is 0.0402. The highest BCUT2D eigenvalue weighted by atomic mass is 127. The lowest BCUT2D eigenvalue weighted by Gasteiger charge is -2.19. The number of aliphatic carboxylic acids is 2. The molecule has 0 spiro atoms. The van der Waals surface area contributed by atoms with Crippen LogP contribution in [0.5, 0.6) is 0 Å². The number of halogens is 6. The molecule has 0 heterocycles. The lowest BCUT2D eigenvalue weighted by atomic mass is 10.1. The number of carboxylic acids is 2. The van der Waals surface area contributed by atoms with E-state index in [4.69, 9.17) is 57.4 Å². The Morgan fingerprint density at radius 1 is 0.450 bits per heavy atom. The summed E-state index contributed by atoms with van der Waals surface area (Å²) in [4.78, 5) is 69.1. The van der Waals surface area contributed by atoms with E-state index in [2.05, 4.69) is 21.3 Å². The van der Waals surface area contributed by atoms with Crippen molar-refractivity contribution in [2.24, 2.45) is 0 Å². The van der Waals surface area contributed by atoms with Crippen LogP contribution in [-0.4, -0.2) is 175 Å². The number of nitrogens with one attached hydrogen (secondary N) is 4. The highest BCUT2D eigenvalue weighted by Crippen LogP contribution is 2.35. The third-order valence-corrected chi connectivity index (χ3v) is 13.7. The van der Waals surface area contributed by atoms with E-state index in [9.17, 15) is 39.0 Å². The highest BCUT2D eigenvalue weighted by Gasteiger charge is 2.29. The first-order valence-electron chi connectivity index (χ1n) is 16.2. The molecule has 0 bridgehead atoms. The molecular weight excluding hydrogens is 1490 g/mol. The van der Waals surface area contributed by atoms with E-state index >= 15 is 0 Å². The molecule has 0 radical (unpaired) electrons. The summed E-state index contributed by atoms with van der Waals surface area (Å²) in [5.41, 5.74) is 13.2. The number of benzene rings is 2. The van der Waals surface area contributed by atoms with Crippen LogP contribution in [0, 0.1) is 21.4 Å². The van der Waals surface area contributed by atoms with Gasteiger partial charge in [-0.15, -0.1) is 0 Å². The van der Waals surface area contributed by atoms with E-state index in [1.165, 1.54) is 0 Å². The highest BCUT2D eigenvalue weighted by molar-refractivity contribution is 14.1. The predicted molar refractivity (Wildman–Crippen MR) is 261 cm³/mol. The number of nitrogens with two attached hydrogens (primary N) is 2. The van der Waals surface area contributed by atoms with E-state index in [1.807, 2.05) is 136 Å². The molecule has 2 aromatic rings. The number of aliphatic hydroxyl groups excluding tert-OH is 9. The van der Waals surface area contributed by atoms with Crippen LogP contribution < -0.4 is 32.7 Å². The van der Waals surface area contributed by atoms with Crippen LogP contribution in [0.1, 0.15) is 41.4 Å². The standard InChI is InChI=1S/2C14H18I3N3O6.C3H4O5/c2*15-9-7(13(25)19-1-6(24)4-23)10(16)12(18)11(17)8(9)14(26)20-5(2-21)3-22;4-1(2(5)6)3(7)8/h2*5-6,21-24H,1-4,18H2,(H,19,25)(H,20,26);1,4H,(H,5,6)(H,7,8). The molecule has 0 aliphatic heterocycles. The maximum Gasteiger partial charge on any atom is 0.344 e. The zero-order valence-corrected chi connectivity index (χ0v) is 43.3. The largest absolute Gasteiger partial charge is 0.479 e. The fourth-order valence-corrected chi connectivity index (χ4v) is 12.1. The van der Waals surface area contributed by atoms with Crippen LogP contribution in [0.4, 0.5) is 11.4 Å². The second-order valence-corrected chi connectivity index (χ2v) is 17.9. The zero-order valence-electron chi connectivity index (χ0n) is 30.3. The van der Waals surface area contributed by atoms with E-state index in [0.29, 0.717) is 21.4 Å². The van der Waals surface area contributed by atoms with Gasteiger partial charge in [-0.2, -0.15) is 0 Å². The fraction of sp³-hybridized carbons (Fsp3) is 0.419. The van der Waals surface area contributed by atoms with Crippen LogP contribution in [0.3, 0.4) is 0 Å². The number of carbonyl (C=O) groups excluding carboxylic acids is 4. The molecule has 2 rings (SSSR count). The first kappa shape index (κ1) is 58.9. The number of hydrogen-bond donors (Lipinski definition) is 17. The van der Waals surface area contributed by atoms with E-state index < -0.39 is 106 Å². The molecule has 23 nitrogen and oxygen atoms in total. The van der Waals surface area contributed by atoms with Crippen LogP contribution in [0.15, 0.2) is 0 Å². The van der Waals surface area contributed by atoms with Gasteiger partial charge >= 0.3 is 11.9 Å². The molecule has 0 aliphatic carbocycles. The summed E-state index contributed by atoms with van der Waals surface area (Å²) in [7, 11) is 0. The van der Waals surface area contributed by atoms with Crippen molar-refractivity contribution in [3.05, 3.63) is 43.7 Å². The SMILES string of the molecule is Nc1c(I)c(C(=O)NCC(O)CO)c(I)c(C(=O)NC(CO)CO)c1I.Nc1c(I)c(C(=O)NCC(O)CO)c(I)c(C(=O)NC(CO)CO)c1I.O=C(O)C(O)C(=O)O. The molecule has 338 valence electrons. The Balaban J connectivity index is 0.000000982. The summed E-state index contributed by atoms with van der Waals surface area (Å²) in [6.45, 7) is -3.09. The van der Waals surface area contributed by atoms with Gasteiger partial charge in [0.1, 0.15) is 0 Å². The van der Waals surface area contributed by atoms with E-state index in [1.54, 1.807) is 0 Å². The molecule has 60 heavy (non-hydrogen) atoms. The Hall–Kier alpha value is -1.12. The summed E-state index contributed by atoms with van der Waals surface area (Å²) in [6, 6.07) is -1.68. The number of anilines is 2. The first-order chi connectivity index (χ1) is 27.9. The summed E-state index contributed by atoms with van der Waals surface area (Å²) in [5.74, 6) is -5.78. The predicted octanol–water partition coefficient (Wildman–Crippen LogP) is -2.99. The van der Waals surface area contributed by atoms with Crippen molar-refractivity contribution in [3.63, 3.8) is 0 Å². The third kappa shape index (κ3) is 17.5. The molecule has 0 saturated heterocycles. The van der Waals surface area contributed by atoms with Crippen LogP contribution >= 0.6 is 136 Å². The molecular formula is C31H40I6N6O17. The minimum Gasteiger partial charge on any atom is -0.479 e. The Kier molecular flexibility index (Phi) is 28.8. The fourth-order valence-electron chi connectivity index (χ4n) is 3.81. The van der Waals surface area contributed by atoms with E-state index in [-0.39, 0.29) is 46.7 Å². The molecule has 0 aromatic heterocycles. The molecule has 29 heteroatoms. The monoisotopic (exact) mass is 1530 g/mol. The maximum absolute atomic E-state index is 12.6. The van der Waals surface area contributed by atoms with Crippen molar-refractivity contribution in [3.8, 4) is 0 Å². The Labute approximate surface area is 422 Å². The zero-order chi connectivity index (χ0) is 46.8. The van der Waals surface area contributed by atoms with Crippen molar-refractivity contribution >= 4 is 182 Å². The van der Waals surface area contributed by atoms with Gasteiger partial charge in [0.05, 0.1) is 112 Å². The minimum absolute atomic E-state index is 0.156. The van der Waals surface area contributed by atoms with Gasteiger partial charge in [-0.3, -0.25) is 19.2 Å². The molecule has 19 N–H and O–H groups in total. The second kappa shape index (κ2) is 29.3. The van der Waals surface area contributed by atoms with E-state index in [0.717, 1.165) is 0 Å². The molecule has 2 atom stereocenters. The molecule has 0 saturated carbocycles. The van der Waals surface area contributed by atoms with Crippen LogP contribution in [0.2, 0.25) is 0 Å². The summed E-state index contributed by atoms with van der Waals surface area (Å²) in [6.07, 6.45) is -4.50. The number of carbonyl (C=O) groups is 6. The van der Waals surface area contributed by atoms with Gasteiger partial charge in [0.2, 0.25) is 6.10 Å². The Morgan fingerprint density at radius 2 is 0.700 bits per heavy atom. The van der Waals surface area contributed by atoms with Gasteiger partial charge in [0, 0.05) is 20.2 Å². The summed E-state index contributed by atoms with van der Waals surface area (Å²) < 4.78 is 2.46. The second-order valence-electron chi connectivity index (χ2n) is 11.5. The molecule has 2 unspecified atom stereocenters. The molecule has 2 aromatic carbocycles. The Bertz CT molecular complexity index is 1730. The smallest absolute Gasteiger partial charge is 0.344 e. The Morgan fingerprint density at radius 3 is 0.900 bits per heavy atom. The lowest BCUT2D eigenvalue weighted by Crippen LogP contribution is -2.41. The van der Waals surface area contributed by atoms with Crippen molar-refractivity contribution in [2.45, 2.75) is 30.4 Å². The summed E-state index contributed by atoms with van der Waals surface area (Å²) >= 11 is 11.3. The first-order valence-corrected chi connectivity index (χ1v) is 22.7. The lowest BCUT2D eigenvalue weighted by molar-refractivity contribution is -0.161. The average molecular weight is 1530 g/mol. The van der Waals surface area contributed by atoms with Gasteiger partial charge in [0.15, 0.2) is 0 Å². The van der Waals surface area contributed by atoms with Crippen molar-refractivity contribution < 1.29 is 84.9 Å². The van der Waals surface area contributed by atoms with Crippen molar-refractivity contribution in [1.29, 1.82) is 0 Å². The van der Waals surface area contributed by atoms with Crippen LogP contribution in [-0.2, 0) is 9.59 Å². The van der Waals surface area contributed by atoms with Gasteiger partial charge in [-0.1, -0.05) is 0 Å². The van der Waals surface area contributed by atoms with Gasteiger partial charge in [-0.25, -0.2) is 9.59 Å². The number of aliphatic hydroxyl groups is 9. The number of amides is 4. The third-order valence-electron chi connectivity index (χ3n) is 7.05. The van der Waals surface area contributed by atoms with Gasteiger partial charge in [-0.05, 0) is 136 Å². The normalized spacial score (nSPS) is 11.8. The average Bonchev–Trinajstić information content (AvgIpc) is 3.21. The number of hydrogen-bond acceptors (Lipinski definition) is 17. The number of rotatable bonds is 18. The summed E-state index contributed by atoms with van der Waals surface area (Å²) in [5, 5.41) is 106. The maximum atomic E-state index is 12.6. The van der Waals surface area contributed by atoms with Crippen LogP contribution in [0.25, 0.3) is 0 Å². The van der Waals surface area contributed by atoms with Gasteiger partial charge < -0.3 is 88.9 Å². The van der Waals surface area contributed by atoms with Gasteiger partial charge in [0.25, 0.3) is 23.6 Å². The number of carboxylic acid groups (broad SMARTS) is 2. The van der Waals surface area contributed by atoms with Crippen molar-refractivity contribution in [1.82, 2.24) is 21.3 Å². The molecule has 4 amide bonds. The molecule has 0 fully saturated rings. The minimum atomic E-state index is -2.30. The van der Waals surface area contributed by atoms with Crippen molar-refractivity contribution in [2.75, 3.05) is 64.2 Å².